The Kier molecular flexibility index (Phi) is 5.66. The second-order valence-electron chi connectivity index (χ2n) is 6.81. The van der Waals surface area contributed by atoms with Gasteiger partial charge in [-0.15, -0.1) is 0 Å². The van der Waals surface area contributed by atoms with E-state index in [9.17, 15) is 14.0 Å². The number of amides is 2. The van der Waals surface area contributed by atoms with E-state index in [-0.39, 0.29) is 23.7 Å². The van der Waals surface area contributed by atoms with Gasteiger partial charge in [0, 0.05) is 18.2 Å². The topological polar surface area (TPSA) is 58.2 Å². The van der Waals surface area contributed by atoms with E-state index in [0.717, 1.165) is 31.2 Å². The molecule has 136 valence electrons. The van der Waals surface area contributed by atoms with Crippen LogP contribution in [0.25, 0.3) is 0 Å². The van der Waals surface area contributed by atoms with Gasteiger partial charge in [-0.05, 0) is 54.7 Å². The van der Waals surface area contributed by atoms with Crippen molar-refractivity contribution >= 4 is 17.5 Å². The molecule has 0 aromatic heterocycles. The Hall–Kier alpha value is -2.69. The highest BCUT2D eigenvalue weighted by Crippen LogP contribution is 2.36. The average molecular weight is 354 g/mol. The Morgan fingerprint density at radius 1 is 1.08 bits per heavy atom. The molecule has 3 rings (SSSR count). The molecule has 0 unspecified atom stereocenters. The molecule has 1 fully saturated rings. The minimum Gasteiger partial charge on any atom is -0.345 e. The van der Waals surface area contributed by atoms with Crippen molar-refractivity contribution in [3.63, 3.8) is 0 Å². The van der Waals surface area contributed by atoms with Crippen LogP contribution < -0.4 is 10.6 Å². The fraction of sp³-hybridized carbons (Fsp3) is 0.333. The van der Waals surface area contributed by atoms with Crippen molar-refractivity contribution in [2.45, 2.75) is 38.6 Å². The van der Waals surface area contributed by atoms with Crippen LogP contribution >= 0.6 is 0 Å². The van der Waals surface area contributed by atoms with Gasteiger partial charge < -0.3 is 10.6 Å². The van der Waals surface area contributed by atoms with E-state index in [4.69, 9.17) is 0 Å². The molecule has 0 bridgehead atoms. The Bertz CT molecular complexity index is 783. The van der Waals surface area contributed by atoms with Gasteiger partial charge in [0.1, 0.15) is 5.82 Å². The molecule has 1 aliphatic rings. The van der Waals surface area contributed by atoms with Crippen LogP contribution in [0, 0.1) is 11.7 Å². The zero-order valence-electron chi connectivity index (χ0n) is 14.8. The van der Waals surface area contributed by atoms with Gasteiger partial charge in [0.25, 0.3) is 5.91 Å². The lowest BCUT2D eigenvalue weighted by Crippen LogP contribution is -2.32. The molecule has 1 atom stereocenters. The molecule has 2 aromatic rings. The molecular formula is C21H23FN2O2. The van der Waals surface area contributed by atoms with Gasteiger partial charge in [0.05, 0.1) is 6.04 Å². The summed E-state index contributed by atoms with van der Waals surface area (Å²) in [6, 6.07) is 13.1. The number of halogens is 1. The average Bonchev–Trinajstić information content (AvgIpc) is 3.14. The van der Waals surface area contributed by atoms with Crippen LogP contribution in [-0.2, 0) is 4.79 Å². The fourth-order valence-corrected chi connectivity index (χ4v) is 3.60. The SMILES string of the molecule is CC(=O)Nc1cccc(C(=O)N[C@@H](c2ccc(F)cc2)C2CCCC2)c1. The molecule has 4 nitrogen and oxygen atoms in total. The Morgan fingerprint density at radius 3 is 2.42 bits per heavy atom. The van der Waals surface area contributed by atoms with Crippen LogP contribution in [0.3, 0.4) is 0 Å². The molecule has 2 amide bonds. The fourth-order valence-electron chi connectivity index (χ4n) is 3.60. The van der Waals surface area contributed by atoms with Gasteiger partial charge in [0.15, 0.2) is 0 Å². The highest BCUT2D eigenvalue weighted by Gasteiger charge is 2.28. The van der Waals surface area contributed by atoms with E-state index >= 15 is 0 Å². The lowest BCUT2D eigenvalue weighted by Gasteiger charge is -2.25. The molecule has 26 heavy (non-hydrogen) atoms. The van der Waals surface area contributed by atoms with Crippen LogP contribution in [0.15, 0.2) is 48.5 Å². The van der Waals surface area contributed by atoms with E-state index in [2.05, 4.69) is 10.6 Å². The zero-order chi connectivity index (χ0) is 18.5. The summed E-state index contributed by atoms with van der Waals surface area (Å²) in [7, 11) is 0. The van der Waals surface area contributed by atoms with E-state index in [1.165, 1.54) is 19.1 Å². The minimum atomic E-state index is -0.284. The van der Waals surface area contributed by atoms with Gasteiger partial charge in [-0.1, -0.05) is 31.0 Å². The first-order valence-electron chi connectivity index (χ1n) is 8.97. The Morgan fingerprint density at radius 2 is 1.77 bits per heavy atom. The van der Waals surface area contributed by atoms with Gasteiger partial charge in [0.2, 0.25) is 5.91 Å². The Labute approximate surface area is 152 Å². The lowest BCUT2D eigenvalue weighted by molar-refractivity contribution is -0.114. The van der Waals surface area contributed by atoms with Crippen molar-refractivity contribution in [2.24, 2.45) is 5.92 Å². The van der Waals surface area contributed by atoms with Gasteiger partial charge >= 0.3 is 0 Å². The normalized spacial score (nSPS) is 15.5. The number of benzene rings is 2. The van der Waals surface area contributed by atoms with Crippen LogP contribution in [0.4, 0.5) is 10.1 Å². The smallest absolute Gasteiger partial charge is 0.251 e. The lowest BCUT2D eigenvalue weighted by atomic mass is 9.91. The van der Waals surface area contributed by atoms with Crippen molar-refractivity contribution in [1.82, 2.24) is 5.32 Å². The van der Waals surface area contributed by atoms with Gasteiger partial charge in [-0.2, -0.15) is 0 Å². The molecule has 0 radical (unpaired) electrons. The maximum absolute atomic E-state index is 13.3. The molecule has 0 heterocycles. The van der Waals surface area contributed by atoms with E-state index in [0.29, 0.717) is 17.2 Å². The standard InChI is InChI=1S/C21H23FN2O2/c1-14(25)23-19-8-4-7-17(13-19)21(26)24-20(15-5-2-3-6-15)16-9-11-18(22)12-10-16/h4,7-13,15,20H,2-3,5-6H2,1H3,(H,23,25)(H,24,26)/t20-/m1/s1. The summed E-state index contributed by atoms with van der Waals surface area (Å²) in [5.41, 5.74) is 2.00. The molecule has 0 saturated heterocycles. The molecule has 2 N–H and O–H groups in total. The number of carbonyl (C=O) groups excluding carboxylic acids is 2. The van der Waals surface area contributed by atoms with Crippen molar-refractivity contribution < 1.29 is 14.0 Å². The maximum Gasteiger partial charge on any atom is 0.251 e. The van der Waals surface area contributed by atoms with E-state index < -0.39 is 0 Å². The first-order chi connectivity index (χ1) is 12.5. The molecular weight excluding hydrogens is 331 g/mol. The maximum atomic E-state index is 13.3. The summed E-state index contributed by atoms with van der Waals surface area (Å²) in [4.78, 5) is 24.0. The monoisotopic (exact) mass is 354 g/mol. The molecule has 5 heteroatoms. The number of rotatable bonds is 5. The summed E-state index contributed by atoms with van der Waals surface area (Å²) < 4.78 is 13.3. The highest BCUT2D eigenvalue weighted by atomic mass is 19.1. The third-order valence-electron chi connectivity index (χ3n) is 4.83. The van der Waals surface area contributed by atoms with Gasteiger partial charge in [-0.3, -0.25) is 9.59 Å². The predicted octanol–water partition coefficient (Wildman–Crippen LogP) is 4.45. The molecule has 1 saturated carbocycles. The summed E-state index contributed by atoms with van der Waals surface area (Å²) >= 11 is 0. The Balaban J connectivity index is 1.81. The van der Waals surface area contributed by atoms with Crippen molar-refractivity contribution in [2.75, 3.05) is 5.32 Å². The predicted molar refractivity (Wildman–Crippen MR) is 99.3 cm³/mol. The summed E-state index contributed by atoms with van der Waals surface area (Å²) in [5, 5.41) is 5.80. The van der Waals surface area contributed by atoms with Crippen LogP contribution in [0.1, 0.15) is 54.6 Å². The first kappa shape index (κ1) is 18.1. The summed E-state index contributed by atoms with van der Waals surface area (Å²) in [6.07, 6.45) is 4.40. The van der Waals surface area contributed by atoms with Crippen LogP contribution in [0.2, 0.25) is 0 Å². The number of nitrogens with one attached hydrogen (secondary N) is 2. The minimum absolute atomic E-state index is 0.143. The van der Waals surface area contributed by atoms with Crippen LogP contribution in [-0.4, -0.2) is 11.8 Å². The van der Waals surface area contributed by atoms with Crippen molar-refractivity contribution in [3.8, 4) is 0 Å². The first-order valence-corrected chi connectivity index (χ1v) is 8.97. The quantitative estimate of drug-likeness (QED) is 0.834. The summed E-state index contributed by atoms with van der Waals surface area (Å²) in [6.45, 7) is 1.43. The van der Waals surface area contributed by atoms with Crippen molar-refractivity contribution in [1.29, 1.82) is 0 Å². The third-order valence-corrected chi connectivity index (χ3v) is 4.83. The van der Waals surface area contributed by atoms with Gasteiger partial charge in [-0.25, -0.2) is 4.39 Å². The summed E-state index contributed by atoms with van der Waals surface area (Å²) in [5.74, 6) is -0.313. The molecule has 2 aromatic carbocycles. The van der Waals surface area contributed by atoms with E-state index in [1.54, 1.807) is 36.4 Å². The van der Waals surface area contributed by atoms with E-state index in [1.807, 2.05) is 0 Å². The van der Waals surface area contributed by atoms with Crippen LogP contribution in [0.5, 0.6) is 0 Å². The van der Waals surface area contributed by atoms with Crippen molar-refractivity contribution in [3.05, 3.63) is 65.5 Å². The number of hydrogen-bond acceptors (Lipinski definition) is 2. The second kappa shape index (κ2) is 8.13. The molecule has 1 aliphatic carbocycles. The number of anilines is 1. The molecule has 0 spiro atoms. The molecule has 0 aliphatic heterocycles. The number of carbonyl (C=O) groups is 2. The zero-order valence-corrected chi connectivity index (χ0v) is 14.8. The number of hydrogen-bond donors (Lipinski definition) is 2. The highest BCUT2D eigenvalue weighted by molar-refractivity contribution is 5.97. The largest absolute Gasteiger partial charge is 0.345 e. The third kappa shape index (κ3) is 4.48. The second-order valence-corrected chi connectivity index (χ2v) is 6.81.